The molecular formula is C24H43Cl2N3O4. The zero-order chi connectivity index (χ0) is 22.6. The highest BCUT2D eigenvalue weighted by Crippen LogP contribution is 2.21. The van der Waals surface area contributed by atoms with Crippen LogP contribution in [0.5, 0.6) is 5.75 Å². The Morgan fingerprint density at radius 1 is 1.15 bits per heavy atom. The summed E-state index contributed by atoms with van der Waals surface area (Å²) in [6.45, 7) is 6.53. The molecule has 1 saturated carbocycles. The molecule has 9 heteroatoms. The Morgan fingerprint density at radius 2 is 1.82 bits per heavy atom. The summed E-state index contributed by atoms with van der Waals surface area (Å²) in [5, 5.41) is 16.7. The second kappa shape index (κ2) is 17.4. The van der Waals surface area contributed by atoms with Gasteiger partial charge in [0, 0.05) is 38.9 Å². The first-order valence-corrected chi connectivity index (χ1v) is 11.6. The molecule has 0 radical (unpaired) electrons. The lowest BCUT2D eigenvalue weighted by molar-refractivity contribution is 0.0927. The lowest BCUT2D eigenvalue weighted by Gasteiger charge is -2.27. The molecule has 1 amide bonds. The van der Waals surface area contributed by atoms with Crippen molar-refractivity contribution in [3.05, 3.63) is 29.8 Å². The van der Waals surface area contributed by atoms with E-state index in [-0.39, 0.29) is 42.7 Å². The minimum absolute atomic E-state index is 0. The predicted octanol–water partition coefficient (Wildman–Crippen LogP) is 3.17. The van der Waals surface area contributed by atoms with E-state index in [1.807, 2.05) is 18.2 Å². The molecule has 0 aliphatic heterocycles. The number of rotatable bonds is 16. The smallest absolute Gasteiger partial charge is 0.255 e. The van der Waals surface area contributed by atoms with Crippen molar-refractivity contribution in [2.24, 2.45) is 17.6 Å². The van der Waals surface area contributed by atoms with Crippen LogP contribution in [-0.2, 0) is 4.74 Å². The van der Waals surface area contributed by atoms with Crippen molar-refractivity contribution in [3.63, 3.8) is 0 Å². The first kappa shape index (κ1) is 31.9. The van der Waals surface area contributed by atoms with Crippen LogP contribution in [0.2, 0.25) is 0 Å². The minimum Gasteiger partial charge on any atom is -0.493 e. The number of nitrogens with two attached hydrogens (primary N) is 1. The van der Waals surface area contributed by atoms with Crippen molar-refractivity contribution >= 4 is 30.7 Å². The van der Waals surface area contributed by atoms with Crippen molar-refractivity contribution in [1.82, 2.24) is 10.6 Å². The summed E-state index contributed by atoms with van der Waals surface area (Å²) in [6.07, 6.45) is 4.23. The number of carbonyl (C=O) groups is 1. The molecule has 0 aromatic heterocycles. The van der Waals surface area contributed by atoms with Gasteiger partial charge in [0.05, 0.1) is 18.3 Å². The maximum Gasteiger partial charge on any atom is 0.255 e. The van der Waals surface area contributed by atoms with Gasteiger partial charge in [-0.05, 0) is 56.1 Å². The molecule has 1 aliphatic rings. The molecule has 1 aromatic rings. The Morgan fingerprint density at radius 3 is 2.45 bits per heavy atom. The van der Waals surface area contributed by atoms with Crippen molar-refractivity contribution in [1.29, 1.82) is 0 Å². The number of hydrogen-bond acceptors (Lipinski definition) is 6. The first-order valence-electron chi connectivity index (χ1n) is 11.6. The molecule has 33 heavy (non-hydrogen) atoms. The van der Waals surface area contributed by atoms with E-state index in [1.54, 1.807) is 13.2 Å². The highest BCUT2D eigenvalue weighted by Gasteiger charge is 2.26. The predicted molar refractivity (Wildman–Crippen MR) is 138 cm³/mol. The normalized spacial score (nSPS) is 15.7. The first-order chi connectivity index (χ1) is 14.9. The molecule has 0 saturated heterocycles. The topological polar surface area (TPSA) is 106 Å². The van der Waals surface area contributed by atoms with Gasteiger partial charge in [0.2, 0.25) is 0 Å². The number of carbonyl (C=O) groups excluding carboxylic acids is 1. The van der Waals surface area contributed by atoms with Gasteiger partial charge in [-0.1, -0.05) is 26.0 Å². The molecule has 1 aromatic carbocycles. The summed E-state index contributed by atoms with van der Waals surface area (Å²) in [5.41, 5.74) is 6.80. The number of hydrogen-bond donors (Lipinski definition) is 4. The van der Waals surface area contributed by atoms with Gasteiger partial charge in [-0.15, -0.1) is 24.8 Å². The third-order valence-electron chi connectivity index (χ3n) is 5.86. The lowest BCUT2D eigenvalue weighted by atomic mass is 9.87. The average Bonchev–Trinajstić information content (AvgIpc) is 3.59. The Balaban J connectivity index is 0.00000512. The molecular weight excluding hydrogens is 465 g/mol. The summed E-state index contributed by atoms with van der Waals surface area (Å²) < 4.78 is 10.9. The minimum atomic E-state index is -0.579. The standard InChI is InChI=1S/C24H41N3O4.2ClH/c1-17(2)18(14-21(25)22(28)16-26-19-10-11-19)15-27-24(29)20-8-4-5-9-23(20)31-13-7-6-12-30-3;;/h4-5,8-9,17-19,21-22,26,28H,6-7,10-16,25H2,1-3H3,(H,27,29);2*1H/t18-,21+,22+;;/m1../s1. The highest BCUT2D eigenvalue weighted by atomic mass is 35.5. The SMILES string of the molecule is COCCCCOc1ccccc1C(=O)NC[C@@H](C[C@H](N)[C@@H](O)CNC1CC1)C(C)C.Cl.Cl. The molecule has 0 spiro atoms. The highest BCUT2D eigenvalue weighted by molar-refractivity contribution is 5.96. The zero-order valence-corrected chi connectivity index (χ0v) is 21.8. The van der Waals surface area contributed by atoms with Crippen LogP contribution in [0.4, 0.5) is 0 Å². The fourth-order valence-electron chi connectivity index (χ4n) is 3.45. The molecule has 1 aliphatic carbocycles. The van der Waals surface area contributed by atoms with Gasteiger partial charge in [0.1, 0.15) is 5.75 Å². The van der Waals surface area contributed by atoms with Crippen LogP contribution < -0.4 is 21.1 Å². The van der Waals surface area contributed by atoms with Crippen molar-refractivity contribution in [2.75, 3.05) is 33.4 Å². The molecule has 2 rings (SSSR count). The molecule has 1 fully saturated rings. The number of nitrogens with one attached hydrogen (secondary N) is 2. The van der Waals surface area contributed by atoms with E-state index in [9.17, 15) is 9.90 Å². The summed E-state index contributed by atoms with van der Waals surface area (Å²) >= 11 is 0. The Bertz CT molecular complexity index is 662. The van der Waals surface area contributed by atoms with E-state index in [1.165, 1.54) is 12.8 Å². The average molecular weight is 509 g/mol. The summed E-state index contributed by atoms with van der Waals surface area (Å²) in [6, 6.07) is 7.54. The summed E-state index contributed by atoms with van der Waals surface area (Å²) in [5.74, 6) is 0.957. The number of amides is 1. The van der Waals surface area contributed by atoms with Crippen LogP contribution >= 0.6 is 24.8 Å². The fourth-order valence-corrected chi connectivity index (χ4v) is 3.45. The number of aliphatic hydroxyl groups is 1. The molecule has 0 bridgehead atoms. The van der Waals surface area contributed by atoms with E-state index in [4.69, 9.17) is 15.2 Å². The van der Waals surface area contributed by atoms with Crippen LogP contribution in [0.15, 0.2) is 24.3 Å². The third-order valence-corrected chi connectivity index (χ3v) is 5.86. The van der Waals surface area contributed by atoms with Crippen molar-refractivity contribution < 1.29 is 19.4 Å². The maximum atomic E-state index is 12.8. The van der Waals surface area contributed by atoms with Crippen molar-refractivity contribution in [3.8, 4) is 5.75 Å². The van der Waals surface area contributed by atoms with Gasteiger partial charge in [0.15, 0.2) is 0 Å². The number of ether oxygens (including phenoxy) is 2. The van der Waals surface area contributed by atoms with Crippen LogP contribution in [0.25, 0.3) is 0 Å². The van der Waals surface area contributed by atoms with E-state index in [0.717, 1.165) is 12.8 Å². The van der Waals surface area contributed by atoms with Crippen LogP contribution in [0.1, 0.15) is 56.3 Å². The maximum absolute atomic E-state index is 12.8. The van der Waals surface area contributed by atoms with Crippen LogP contribution in [-0.4, -0.2) is 62.6 Å². The van der Waals surface area contributed by atoms with E-state index in [2.05, 4.69) is 24.5 Å². The van der Waals surface area contributed by atoms with Gasteiger partial charge in [-0.25, -0.2) is 0 Å². The second-order valence-corrected chi connectivity index (χ2v) is 8.91. The number of halogens is 2. The Kier molecular flexibility index (Phi) is 16.8. The molecule has 0 heterocycles. The van der Waals surface area contributed by atoms with Crippen LogP contribution in [0, 0.1) is 11.8 Å². The van der Waals surface area contributed by atoms with Gasteiger partial charge >= 0.3 is 0 Å². The fraction of sp³-hybridized carbons (Fsp3) is 0.708. The number of methoxy groups -OCH3 is 1. The quantitative estimate of drug-likeness (QED) is 0.256. The summed E-state index contributed by atoms with van der Waals surface area (Å²) in [7, 11) is 1.68. The van der Waals surface area contributed by atoms with Gasteiger partial charge < -0.3 is 30.9 Å². The Labute approximate surface area is 211 Å². The van der Waals surface area contributed by atoms with E-state index < -0.39 is 6.10 Å². The molecule has 192 valence electrons. The monoisotopic (exact) mass is 507 g/mol. The van der Waals surface area contributed by atoms with Crippen LogP contribution in [0.3, 0.4) is 0 Å². The second-order valence-electron chi connectivity index (χ2n) is 8.91. The van der Waals surface area contributed by atoms with Gasteiger partial charge in [-0.3, -0.25) is 4.79 Å². The number of para-hydroxylation sites is 1. The number of aliphatic hydroxyl groups excluding tert-OH is 1. The van der Waals surface area contributed by atoms with E-state index in [0.29, 0.717) is 56.0 Å². The third kappa shape index (κ3) is 12.3. The summed E-state index contributed by atoms with van der Waals surface area (Å²) in [4.78, 5) is 12.8. The lowest BCUT2D eigenvalue weighted by Crippen LogP contribution is -2.45. The largest absolute Gasteiger partial charge is 0.493 e. The Hall–Kier alpha value is -1.09. The molecule has 7 nitrogen and oxygen atoms in total. The molecule has 0 unspecified atom stereocenters. The van der Waals surface area contributed by atoms with Gasteiger partial charge in [-0.2, -0.15) is 0 Å². The molecule has 3 atom stereocenters. The van der Waals surface area contributed by atoms with E-state index >= 15 is 0 Å². The molecule has 5 N–H and O–H groups in total. The zero-order valence-electron chi connectivity index (χ0n) is 20.1. The number of benzene rings is 1. The number of unbranched alkanes of at least 4 members (excludes halogenated alkanes) is 1. The van der Waals surface area contributed by atoms with Gasteiger partial charge in [0.25, 0.3) is 5.91 Å². The van der Waals surface area contributed by atoms with Crippen molar-refractivity contribution in [2.45, 2.75) is 64.1 Å².